The minimum Gasteiger partial charge on any atom is -0.385 e. The summed E-state index contributed by atoms with van der Waals surface area (Å²) < 4.78 is 5.05. The van der Waals surface area contributed by atoms with Crippen molar-refractivity contribution < 1.29 is 9.53 Å². The molecule has 0 bridgehead atoms. The summed E-state index contributed by atoms with van der Waals surface area (Å²) in [7, 11) is 1.70. The number of hydrogen-bond acceptors (Lipinski definition) is 2. The van der Waals surface area contributed by atoms with Gasteiger partial charge >= 0.3 is 0 Å². The molecule has 0 aromatic rings. The van der Waals surface area contributed by atoms with Gasteiger partial charge in [-0.25, -0.2) is 0 Å². The summed E-state index contributed by atoms with van der Waals surface area (Å²) >= 11 is 0. The number of Topliss-reactive ketones (excluding diaryl/α,β-unsaturated/α-hetero) is 1. The van der Waals surface area contributed by atoms with Crippen LogP contribution in [0.25, 0.3) is 0 Å². The Morgan fingerprint density at radius 2 is 1.76 bits per heavy atom. The van der Waals surface area contributed by atoms with Crippen LogP contribution in [0.4, 0.5) is 0 Å². The van der Waals surface area contributed by atoms with E-state index in [4.69, 9.17) is 4.74 Å². The number of ether oxygens (including phenoxy) is 1. The molecule has 2 nitrogen and oxygen atoms in total. The molecule has 1 saturated carbocycles. The Balaban J connectivity index is 2.72. The molecule has 1 aliphatic rings. The van der Waals surface area contributed by atoms with Crippen LogP contribution in [0.1, 0.15) is 65.7 Å². The molecule has 0 spiro atoms. The van der Waals surface area contributed by atoms with Crippen LogP contribution in [0.2, 0.25) is 0 Å². The van der Waals surface area contributed by atoms with Gasteiger partial charge in [-0.2, -0.15) is 0 Å². The molecule has 0 unspecified atom stereocenters. The molecule has 17 heavy (non-hydrogen) atoms. The van der Waals surface area contributed by atoms with Gasteiger partial charge in [-0.15, -0.1) is 0 Å². The Morgan fingerprint density at radius 1 is 1.18 bits per heavy atom. The van der Waals surface area contributed by atoms with E-state index in [9.17, 15) is 4.79 Å². The van der Waals surface area contributed by atoms with Crippen molar-refractivity contribution in [1.82, 2.24) is 0 Å². The number of hydrogen-bond donors (Lipinski definition) is 0. The molecule has 1 fully saturated rings. The smallest absolute Gasteiger partial charge is 0.139 e. The molecule has 0 amide bonds. The minimum absolute atomic E-state index is 0.0704. The van der Waals surface area contributed by atoms with Crippen LogP contribution in [-0.2, 0) is 9.53 Å². The highest BCUT2D eigenvalue weighted by molar-refractivity contribution is 5.85. The molecule has 0 aromatic carbocycles. The van der Waals surface area contributed by atoms with E-state index >= 15 is 0 Å². The Hall–Kier alpha value is -0.370. The molecule has 100 valence electrons. The topological polar surface area (TPSA) is 26.3 Å². The first-order valence-electron chi connectivity index (χ1n) is 6.96. The standard InChI is InChI=1S/C15H28O2/c1-14(2,3)15(10-6-5-7-11-15)13(16)9-8-12-17-4/h5-12H2,1-4H3. The van der Waals surface area contributed by atoms with Crippen LogP contribution in [0.15, 0.2) is 0 Å². The van der Waals surface area contributed by atoms with E-state index in [2.05, 4.69) is 20.8 Å². The van der Waals surface area contributed by atoms with E-state index < -0.39 is 0 Å². The molecule has 1 aliphatic carbocycles. The summed E-state index contributed by atoms with van der Waals surface area (Å²) in [6, 6.07) is 0. The first kappa shape index (κ1) is 14.7. The number of ketones is 1. The van der Waals surface area contributed by atoms with Gasteiger partial charge in [0.05, 0.1) is 0 Å². The lowest BCUT2D eigenvalue weighted by Gasteiger charge is -2.46. The maximum atomic E-state index is 12.6. The van der Waals surface area contributed by atoms with Crippen molar-refractivity contribution >= 4 is 5.78 Å². The van der Waals surface area contributed by atoms with Crippen molar-refractivity contribution in [1.29, 1.82) is 0 Å². The Labute approximate surface area is 106 Å². The molecule has 0 atom stereocenters. The maximum Gasteiger partial charge on any atom is 0.139 e. The van der Waals surface area contributed by atoms with Gasteiger partial charge in [-0.05, 0) is 24.7 Å². The van der Waals surface area contributed by atoms with Gasteiger partial charge in [-0.3, -0.25) is 4.79 Å². The van der Waals surface area contributed by atoms with Crippen LogP contribution in [0.3, 0.4) is 0 Å². The number of methoxy groups -OCH3 is 1. The highest BCUT2D eigenvalue weighted by atomic mass is 16.5. The highest BCUT2D eigenvalue weighted by Crippen LogP contribution is 2.50. The first-order chi connectivity index (χ1) is 7.94. The van der Waals surface area contributed by atoms with Crippen molar-refractivity contribution in [3.63, 3.8) is 0 Å². The van der Waals surface area contributed by atoms with Crippen LogP contribution in [0, 0.1) is 10.8 Å². The van der Waals surface area contributed by atoms with Gasteiger partial charge in [0.2, 0.25) is 0 Å². The number of rotatable bonds is 5. The zero-order chi connectivity index (χ0) is 12.9. The van der Waals surface area contributed by atoms with E-state index in [1.165, 1.54) is 19.3 Å². The molecule has 0 aliphatic heterocycles. The van der Waals surface area contributed by atoms with Gasteiger partial charge < -0.3 is 4.74 Å². The van der Waals surface area contributed by atoms with Crippen molar-refractivity contribution in [2.24, 2.45) is 10.8 Å². The monoisotopic (exact) mass is 240 g/mol. The average Bonchev–Trinajstić information content (AvgIpc) is 2.28. The van der Waals surface area contributed by atoms with Crippen molar-refractivity contribution in [2.45, 2.75) is 65.7 Å². The van der Waals surface area contributed by atoms with Crippen LogP contribution >= 0.6 is 0 Å². The third-order valence-electron chi connectivity index (χ3n) is 4.43. The van der Waals surface area contributed by atoms with E-state index in [1.54, 1.807) is 7.11 Å². The Morgan fingerprint density at radius 3 is 2.24 bits per heavy atom. The lowest BCUT2D eigenvalue weighted by atomic mass is 9.56. The molecular formula is C15H28O2. The molecular weight excluding hydrogens is 212 g/mol. The fourth-order valence-electron chi connectivity index (χ4n) is 3.22. The van der Waals surface area contributed by atoms with E-state index in [1.807, 2.05) is 0 Å². The summed E-state index contributed by atoms with van der Waals surface area (Å²) in [6.45, 7) is 7.39. The summed E-state index contributed by atoms with van der Waals surface area (Å²) in [5.74, 6) is 0.474. The van der Waals surface area contributed by atoms with Crippen molar-refractivity contribution in [3.8, 4) is 0 Å². The summed E-state index contributed by atoms with van der Waals surface area (Å²) in [5, 5.41) is 0. The first-order valence-corrected chi connectivity index (χ1v) is 6.96. The van der Waals surface area contributed by atoms with Crippen molar-refractivity contribution in [3.05, 3.63) is 0 Å². The molecule has 0 saturated heterocycles. The zero-order valence-corrected chi connectivity index (χ0v) is 12.0. The maximum absolute atomic E-state index is 12.6. The fraction of sp³-hybridized carbons (Fsp3) is 0.933. The zero-order valence-electron chi connectivity index (χ0n) is 12.0. The van der Waals surface area contributed by atoms with Crippen LogP contribution in [-0.4, -0.2) is 19.5 Å². The predicted molar refractivity (Wildman–Crippen MR) is 71.1 cm³/mol. The number of carbonyl (C=O) groups is 1. The molecule has 1 rings (SSSR count). The van der Waals surface area contributed by atoms with E-state index in [-0.39, 0.29) is 10.8 Å². The quantitative estimate of drug-likeness (QED) is 0.679. The lowest BCUT2D eigenvalue weighted by Crippen LogP contribution is -2.44. The van der Waals surface area contributed by atoms with Crippen LogP contribution in [0.5, 0.6) is 0 Å². The van der Waals surface area contributed by atoms with Gasteiger partial charge in [0, 0.05) is 25.6 Å². The van der Waals surface area contributed by atoms with Gasteiger partial charge in [0.15, 0.2) is 0 Å². The van der Waals surface area contributed by atoms with Crippen molar-refractivity contribution in [2.75, 3.05) is 13.7 Å². The summed E-state index contributed by atoms with van der Waals surface area (Å²) in [6.07, 6.45) is 7.45. The van der Waals surface area contributed by atoms with E-state index in [0.29, 0.717) is 18.8 Å². The third-order valence-corrected chi connectivity index (χ3v) is 4.43. The van der Waals surface area contributed by atoms with Crippen LogP contribution < -0.4 is 0 Å². The van der Waals surface area contributed by atoms with Gasteiger partial charge in [0.25, 0.3) is 0 Å². The summed E-state index contributed by atoms with van der Waals surface area (Å²) in [5.41, 5.74) is 0.0244. The lowest BCUT2D eigenvalue weighted by molar-refractivity contribution is -0.138. The number of carbonyl (C=O) groups excluding carboxylic acids is 1. The Bertz CT molecular complexity index is 244. The summed E-state index contributed by atoms with van der Waals surface area (Å²) in [4.78, 5) is 12.6. The SMILES string of the molecule is COCCCC(=O)C1(C(C)(C)C)CCCCC1. The minimum atomic E-state index is -0.0704. The Kier molecular flexibility index (Phi) is 5.18. The third kappa shape index (κ3) is 3.31. The molecule has 0 N–H and O–H groups in total. The van der Waals surface area contributed by atoms with E-state index in [0.717, 1.165) is 19.3 Å². The molecule has 0 aromatic heterocycles. The fourth-order valence-corrected chi connectivity index (χ4v) is 3.22. The largest absolute Gasteiger partial charge is 0.385 e. The van der Waals surface area contributed by atoms with Gasteiger partial charge in [0.1, 0.15) is 5.78 Å². The molecule has 2 heteroatoms. The normalized spacial score (nSPS) is 20.2. The molecule has 0 heterocycles. The second-order valence-corrected chi connectivity index (χ2v) is 6.41. The predicted octanol–water partition coefficient (Wildman–Crippen LogP) is 3.98. The average molecular weight is 240 g/mol. The van der Waals surface area contributed by atoms with Gasteiger partial charge in [-0.1, -0.05) is 40.0 Å². The second kappa shape index (κ2) is 5.99. The molecule has 0 radical (unpaired) electrons. The second-order valence-electron chi connectivity index (χ2n) is 6.41. The highest BCUT2D eigenvalue weighted by Gasteiger charge is 2.47.